The van der Waals surface area contributed by atoms with E-state index in [9.17, 15) is 4.79 Å². The van der Waals surface area contributed by atoms with Crippen molar-refractivity contribution < 1.29 is 9.53 Å². The fraction of sp³-hybridized carbons (Fsp3) is 0.643. The van der Waals surface area contributed by atoms with Crippen LogP contribution in [0.2, 0.25) is 0 Å². The SMILES string of the molecule is CC(C)(C)OC(=O)N1CCCC(c2cc[nH]c2)C1. The highest BCUT2D eigenvalue weighted by molar-refractivity contribution is 5.68. The number of piperidine rings is 1. The topological polar surface area (TPSA) is 45.3 Å². The van der Waals surface area contributed by atoms with Crippen LogP contribution in [-0.2, 0) is 4.74 Å². The Hall–Kier alpha value is -1.45. The minimum atomic E-state index is -0.419. The number of hydrogen-bond acceptors (Lipinski definition) is 2. The third-order valence-electron chi connectivity index (χ3n) is 3.17. The van der Waals surface area contributed by atoms with Crippen molar-refractivity contribution in [3.63, 3.8) is 0 Å². The molecule has 100 valence electrons. The number of nitrogens with zero attached hydrogens (tertiary/aromatic N) is 1. The number of ether oxygens (including phenoxy) is 1. The van der Waals surface area contributed by atoms with Gasteiger partial charge in [-0.2, -0.15) is 0 Å². The summed E-state index contributed by atoms with van der Waals surface area (Å²) in [5, 5.41) is 0. The van der Waals surface area contributed by atoms with Crippen LogP contribution in [0, 0.1) is 0 Å². The number of hydrogen-bond donors (Lipinski definition) is 1. The molecule has 1 aromatic rings. The van der Waals surface area contributed by atoms with E-state index in [1.807, 2.05) is 38.1 Å². The Morgan fingerprint density at radius 3 is 2.89 bits per heavy atom. The molecule has 1 amide bonds. The fourth-order valence-corrected chi connectivity index (χ4v) is 2.33. The van der Waals surface area contributed by atoms with Crippen LogP contribution >= 0.6 is 0 Å². The molecule has 0 spiro atoms. The smallest absolute Gasteiger partial charge is 0.410 e. The number of likely N-dealkylation sites (tertiary alicyclic amines) is 1. The lowest BCUT2D eigenvalue weighted by Gasteiger charge is -2.33. The summed E-state index contributed by atoms with van der Waals surface area (Å²) >= 11 is 0. The highest BCUT2D eigenvalue weighted by Gasteiger charge is 2.28. The normalized spacial score (nSPS) is 20.8. The maximum absolute atomic E-state index is 12.0. The minimum Gasteiger partial charge on any atom is -0.444 e. The number of rotatable bonds is 1. The first-order valence-corrected chi connectivity index (χ1v) is 6.56. The first-order valence-electron chi connectivity index (χ1n) is 6.56. The van der Waals surface area contributed by atoms with Crippen LogP contribution in [0.4, 0.5) is 4.79 Å². The van der Waals surface area contributed by atoms with Gasteiger partial charge in [-0.25, -0.2) is 4.79 Å². The standard InChI is InChI=1S/C14H22N2O2/c1-14(2,3)18-13(17)16-8-4-5-12(10-16)11-6-7-15-9-11/h6-7,9,12,15H,4-5,8,10H2,1-3H3. The van der Waals surface area contributed by atoms with Crippen LogP contribution in [0.5, 0.6) is 0 Å². The third-order valence-corrected chi connectivity index (χ3v) is 3.17. The molecular weight excluding hydrogens is 228 g/mol. The average Bonchev–Trinajstić information content (AvgIpc) is 2.80. The molecule has 1 aliphatic rings. The molecule has 4 heteroatoms. The first kappa shape index (κ1) is 13.0. The van der Waals surface area contributed by atoms with Crippen LogP contribution in [0.3, 0.4) is 0 Å². The Morgan fingerprint density at radius 1 is 1.50 bits per heavy atom. The molecule has 1 saturated heterocycles. The van der Waals surface area contributed by atoms with E-state index in [-0.39, 0.29) is 6.09 Å². The molecule has 1 unspecified atom stereocenters. The fourth-order valence-electron chi connectivity index (χ4n) is 2.33. The predicted octanol–water partition coefficient (Wildman–Crippen LogP) is 3.13. The van der Waals surface area contributed by atoms with Gasteiger partial charge in [0.1, 0.15) is 5.60 Å². The summed E-state index contributed by atoms with van der Waals surface area (Å²) in [7, 11) is 0. The van der Waals surface area contributed by atoms with Crippen LogP contribution in [0.15, 0.2) is 18.5 Å². The number of carbonyl (C=O) groups excluding carboxylic acids is 1. The summed E-state index contributed by atoms with van der Waals surface area (Å²) in [6.07, 6.45) is 5.93. The Morgan fingerprint density at radius 2 is 2.28 bits per heavy atom. The third kappa shape index (κ3) is 3.28. The quantitative estimate of drug-likeness (QED) is 0.832. The van der Waals surface area contributed by atoms with Gasteiger partial charge in [0.15, 0.2) is 0 Å². The van der Waals surface area contributed by atoms with Crippen molar-refractivity contribution >= 4 is 6.09 Å². The molecule has 0 aliphatic carbocycles. The van der Waals surface area contributed by atoms with Gasteiger partial charge in [0.05, 0.1) is 0 Å². The molecule has 2 rings (SSSR count). The van der Waals surface area contributed by atoms with Gasteiger partial charge in [-0.3, -0.25) is 0 Å². The van der Waals surface area contributed by atoms with E-state index in [2.05, 4.69) is 11.1 Å². The van der Waals surface area contributed by atoms with Crippen molar-refractivity contribution in [3.05, 3.63) is 24.0 Å². The summed E-state index contributed by atoms with van der Waals surface area (Å²) in [5.74, 6) is 0.428. The molecule has 4 nitrogen and oxygen atoms in total. The number of nitrogens with one attached hydrogen (secondary N) is 1. The van der Waals surface area contributed by atoms with Gasteiger partial charge in [0, 0.05) is 31.4 Å². The molecule has 18 heavy (non-hydrogen) atoms. The maximum atomic E-state index is 12.0. The van der Waals surface area contributed by atoms with Crippen molar-refractivity contribution in [2.45, 2.75) is 45.1 Å². The van der Waals surface area contributed by atoms with Gasteiger partial charge in [0.25, 0.3) is 0 Å². The molecule has 0 bridgehead atoms. The zero-order valence-corrected chi connectivity index (χ0v) is 11.4. The molecule has 1 N–H and O–H groups in total. The summed E-state index contributed by atoms with van der Waals surface area (Å²) in [4.78, 5) is 16.9. The van der Waals surface area contributed by atoms with Crippen molar-refractivity contribution in [2.24, 2.45) is 0 Å². The Kier molecular flexibility index (Phi) is 3.64. The van der Waals surface area contributed by atoms with E-state index in [0.29, 0.717) is 5.92 Å². The van der Waals surface area contributed by atoms with E-state index < -0.39 is 5.60 Å². The van der Waals surface area contributed by atoms with Gasteiger partial charge < -0.3 is 14.6 Å². The number of amides is 1. The van der Waals surface area contributed by atoms with E-state index in [1.165, 1.54) is 5.56 Å². The summed E-state index contributed by atoms with van der Waals surface area (Å²) in [6, 6.07) is 2.09. The van der Waals surface area contributed by atoms with Crippen LogP contribution in [-0.4, -0.2) is 34.7 Å². The second kappa shape index (κ2) is 5.04. The molecule has 2 heterocycles. The molecule has 1 aromatic heterocycles. The molecule has 1 fully saturated rings. The minimum absolute atomic E-state index is 0.192. The highest BCUT2D eigenvalue weighted by Crippen LogP contribution is 2.27. The van der Waals surface area contributed by atoms with Crippen LogP contribution in [0.25, 0.3) is 0 Å². The second-order valence-electron chi connectivity index (χ2n) is 5.91. The lowest BCUT2D eigenvalue weighted by atomic mass is 9.93. The van der Waals surface area contributed by atoms with Gasteiger partial charge in [0.2, 0.25) is 0 Å². The van der Waals surface area contributed by atoms with E-state index in [0.717, 1.165) is 25.9 Å². The predicted molar refractivity (Wildman–Crippen MR) is 70.6 cm³/mol. The number of carbonyl (C=O) groups is 1. The summed E-state index contributed by atoms with van der Waals surface area (Å²) in [5.41, 5.74) is 0.862. The molecular formula is C14H22N2O2. The van der Waals surface area contributed by atoms with E-state index in [1.54, 1.807) is 0 Å². The van der Waals surface area contributed by atoms with Gasteiger partial charge >= 0.3 is 6.09 Å². The molecule has 0 radical (unpaired) electrons. The summed E-state index contributed by atoms with van der Waals surface area (Å²) in [6.45, 7) is 7.26. The first-order chi connectivity index (χ1) is 8.46. The zero-order valence-electron chi connectivity index (χ0n) is 11.4. The van der Waals surface area contributed by atoms with Crippen molar-refractivity contribution in [1.29, 1.82) is 0 Å². The van der Waals surface area contributed by atoms with Gasteiger partial charge in [-0.15, -0.1) is 0 Å². The van der Waals surface area contributed by atoms with Gasteiger partial charge in [-0.05, 0) is 45.2 Å². The maximum Gasteiger partial charge on any atom is 0.410 e. The second-order valence-corrected chi connectivity index (χ2v) is 5.91. The largest absolute Gasteiger partial charge is 0.444 e. The Labute approximate surface area is 108 Å². The van der Waals surface area contributed by atoms with E-state index >= 15 is 0 Å². The molecule has 1 aliphatic heterocycles. The molecule has 1 atom stereocenters. The van der Waals surface area contributed by atoms with Crippen molar-refractivity contribution in [1.82, 2.24) is 9.88 Å². The van der Waals surface area contributed by atoms with Crippen molar-refractivity contribution in [2.75, 3.05) is 13.1 Å². The lowest BCUT2D eigenvalue weighted by Crippen LogP contribution is -2.42. The van der Waals surface area contributed by atoms with Crippen LogP contribution in [0.1, 0.15) is 45.1 Å². The lowest BCUT2D eigenvalue weighted by molar-refractivity contribution is 0.0198. The van der Waals surface area contributed by atoms with E-state index in [4.69, 9.17) is 4.74 Å². The van der Waals surface area contributed by atoms with Gasteiger partial charge in [-0.1, -0.05) is 0 Å². The summed E-state index contributed by atoms with van der Waals surface area (Å²) < 4.78 is 5.42. The number of H-pyrrole nitrogens is 1. The zero-order chi connectivity index (χ0) is 13.2. The molecule has 0 saturated carbocycles. The Bertz CT molecular complexity index is 392. The number of aromatic amines is 1. The van der Waals surface area contributed by atoms with Crippen molar-refractivity contribution in [3.8, 4) is 0 Å². The highest BCUT2D eigenvalue weighted by atomic mass is 16.6. The average molecular weight is 250 g/mol. The monoisotopic (exact) mass is 250 g/mol. The number of aromatic nitrogens is 1. The van der Waals surface area contributed by atoms with Crippen LogP contribution < -0.4 is 0 Å². The molecule has 0 aromatic carbocycles. The Balaban J connectivity index is 1.96.